The van der Waals surface area contributed by atoms with E-state index in [1.54, 1.807) is 27.0 Å². The summed E-state index contributed by atoms with van der Waals surface area (Å²) in [5.41, 5.74) is 11.9. The lowest BCUT2D eigenvalue weighted by Crippen LogP contribution is -2.10. The van der Waals surface area contributed by atoms with Gasteiger partial charge < -0.3 is 34.4 Å². The van der Waals surface area contributed by atoms with Crippen LogP contribution in [0.4, 0.5) is 39.8 Å². The molecule has 0 saturated carbocycles. The van der Waals surface area contributed by atoms with Crippen molar-refractivity contribution in [1.29, 1.82) is 15.8 Å². The molecule has 3 N–H and O–H groups in total. The highest BCUT2D eigenvalue weighted by Gasteiger charge is 2.21. The molecule has 14 rings (SSSR count). The van der Waals surface area contributed by atoms with Crippen LogP contribution in [0.3, 0.4) is 0 Å². The van der Waals surface area contributed by atoms with E-state index in [1.807, 2.05) is 152 Å². The van der Waals surface area contributed by atoms with E-state index in [9.17, 15) is 30.3 Å². The summed E-state index contributed by atoms with van der Waals surface area (Å²) in [5.74, 6) is 1.62. The van der Waals surface area contributed by atoms with Crippen LogP contribution >= 0.6 is 7.14 Å². The van der Waals surface area contributed by atoms with E-state index < -0.39 is 7.14 Å². The molecule has 14 aromatic carbocycles. The molecule has 0 aliphatic carbocycles. The average molecular weight is 1300 g/mol. The molecular weight excluding hydrogens is 1230 g/mol. The van der Waals surface area contributed by atoms with Gasteiger partial charge in [-0.2, -0.15) is 15.8 Å². The molecule has 1 atom stereocenters. The number of benzene rings is 14. The molecule has 14 aromatic rings. The maximum absolute atomic E-state index is 12.2. The molecule has 12 nitrogen and oxygen atoms in total. The predicted molar refractivity (Wildman–Crippen MR) is 403 cm³/mol. The number of anilines is 6. The van der Waals surface area contributed by atoms with Gasteiger partial charge in [0.15, 0.2) is 0 Å². The first-order chi connectivity index (χ1) is 47.0. The Kier molecular flexibility index (Phi) is 21.3. The van der Waals surface area contributed by atoms with Crippen LogP contribution in [0, 0.1) is 40.6 Å². The Morgan fingerprint density at radius 3 is 1.27 bits per heavy atom. The Morgan fingerprint density at radius 2 is 0.816 bits per heavy atom. The summed E-state index contributed by atoms with van der Waals surface area (Å²) in [6.45, 7) is 9.46. The normalized spacial score (nSPS) is 11.3. The smallest absolute Gasteiger partial charge is 0.202 e. The zero-order valence-corrected chi connectivity index (χ0v) is 54.2. The minimum Gasteiger partial charge on any atom is -0.497 e. The summed E-state index contributed by atoms with van der Waals surface area (Å²) in [6, 6.07) is 94.9. The van der Waals surface area contributed by atoms with Gasteiger partial charge in [-0.3, -0.25) is 4.79 Å². The number of ether oxygens (including phenoxy) is 2. The first-order valence-corrected chi connectivity index (χ1v) is 33.4. The van der Waals surface area contributed by atoms with Crippen LogP contribution in [0.1, 0.15) is 51.2 Å². The molecule has 0 fully saturated rings. The van der Waals surface area contributed by atoms with Crippen molar-refractivity contribution in [3.8, 4) is 29.7 Å². The number of aliphatic hydroxyl groups is 1. The van der Waals surface area contributed by atoms with Crippen molar-refractivity contribution >= 4 is 130 Å². The Morgan fingerprint density at radius 1 is 0.449 bits per heavy atom. The van der Waals surface area contributed by atoms with Gasteiger partial charge >= 0.3 is 0 Å². The van der Waals surface area contributed by atoms with E-state index in [1.165, 1.54) is 16.2 Å². The second-order valence-electron chi connectivity index (χ2n) is 23.0. The number of aliphatic hydroxyl groups excluding tert-OH is 1. The Bertz CT molecular complexity index is 5530. The number of hydrogen-bond donors (Lipinski definition) is 1. The standard InChI is InChI=1S/C41H27N3O.C24H19NO2.C19H15N2O2P.CH4.H2O/c1-43-41-37-12-6-5-11-35(37)39(27-42)36-25-18-29(26-38(36)41)15-14-28-16-19-31(20-17-28)44(32-21-23-33(45-2)24-22-32)40-13-7-9-30-8-3-4-10-34(30)40;1-27-22-15-13-21(14-16-22)25(20-11-9-18(17-26)10-12-20)24-8-4-6-19-5-2-3-7-23(19)24;1-24(23,12-22)11-13-6-7-16-17(8-13)19(10-21)15-5-3-2-4-14(15)18(16)9-20;;/h3-26H,2H3;2-17H,1H3;2-8,22H,11-12H2,1H3;1H4;1H2. The van der Waals surface area contributed by atoms with Crippen molar-refractivity contribution in [2.45, 2.75) is 13.6 Å². The lowest BCUT2D eigenvalue weighted by atomic mass is 9.92. The van der Waals surface area contributed by atoms with E-state index in [0.717, 1.165) is 106 Å². The summed E-state index contributed by atoms with van der Waals surface area (Å²) < 4.78 is 22.9. The Hall–Kier alpha value is -12.6. The molecule has 0 aromatic heterocycles. The molecule has 0 heterocycles. The molecule has 98 heavy (non-hydrogen) atoms. The number of nitriles is 3. The third kappa shape index (κ3) is 14.1. The molecule has 0 saturated heterocycles. The highest BCUT2D eigenvalue weighted by atomic mass is 31.2. The summed E-state index contributed by atoms with van der Waals surface area (Å²) in [7, 11) is 0.684. The largest absolute Gasteiger partial charge is 0.497 e. The zero-order chi connectivity index (χ0) is 66.7. The summed E-state index contributed by atoms with van der Waals surface area (Å²) >= 11 is 0. The van der Waals surface area contributed by atoms with Crippen LogP contribution in [0.5, 0.6) is 11.5 Å². The minimum atomic E-state index is -2.66. The summed E-state index contributed by atoms with van der Waals surface area (Å²) in [5, 5.41) is 49.2. The van der Waals surface area contributed by atoms with Crippen molar-refractivity contribution in [3.05, 3.63) is 317 Å². The fourth-order valence-electron chi connectivity index (χ4n) is 12.3. The van der Waals surface area contributed by atoms with Crippen LogP contribution in [0.25, 0.3) is 81.6 Å². The first kappa shape index (κ1) is 68.2. The molecule has 0 spiro atoms. The van der Waals surface area contributed by atoms with E-state index in [2.05, 4.69) is 154 Å². The third-order valence-corrected chi connectivity index (χ3v) is 18.6. The number of aldehydes is 1. The highest BCUT2D eigenvalue weighted by molar-refractivity contribution is 7.62. The van der Waals surface area contributed by atoms with Gasteiger partial charge in [0, 0.05) is 66.8 Å². The lowest BCUT2D eigenvalue weighted by Gasteiger charge is -2.27. The van der Waals surface area contributed by atoms with Gasteiger partial charge in [0.2, 0.25) is 5.69 Å². The van der Waals surface area contributed by atoms with Crippen LogP contribution in [-0.2, 0) is 10.7 Å². The van der Waals surface area contributed by atoms with Gasteiger partial charge in [0.1, 0.15) is 43.1 Å². The quantitative estimate of drug-likeness (QED) is 0.0361. The first-order valence-electron chi connectivity index (χ1n) is 30.9. The van der Waals surface area contributed by atoms with Crippen LogP contribution in [0.2, 0.25) is 0 Å². The molecule has 0 aliphatic heterocycles. The third-order valence-electron chi connectivity index (χ3n) is 17.0. The van der Waals surface area contributed by atoms with Crippen molar-refractivity contribution in [2.75, 3.05) is 37.0 Å². The number of methoxy groups -OCH3 is 2. The molecule has 0 amide bonds. The number of hydrogen-bond acceptors (Lipinski definition) is 10. The van der Waals surface area contributed by atoms with E-state index in [0.29, 0.717) is 38.7 Å². The second kappa shape index (κ2) is 30.6. The lowest BCUT2D eigenvalue weighted by molar-refractivity contribution is 0.112. The predicted octanol–water partition coefficient (Wildman–Crippen LogP) is 21.3. The fourth-order valence-corrected chi connectivity index (χ4v) is 13.3. The van der Waals surface area contributed by atoms with Crippen molar-refractivity contribution in [3.63, 3.8) is 0 Å². The van der Waals surface area contributed by atoms with E-state index >= 15 is 0 Å². The Balaban J connectivity index is 0.000000169. The van der Waals surface area contributed by atoms with Crippen molar-refractivity contribution < 1.29 is 29.4 Å². The van der Waals surface area contributed by atoms with Crippen molar-refractivity contribution in [2.24, 2.45) is 0 Å². The number of rotatable bonds is 14. The van der Waals surface area contributed by atoms with Gasteiger partial charge in [0.05, 0.1) is 55.2 Å². The van der Waals surface area contributed by atoms with Gasteiger partial charge in [-0.05, 0) is 159 Å². The van der Waals surface area contributed by atoms with Crippen LogP contribution in [-0.4, -0.2) is 44.1 Å². The average Bonchev–Trinajstić information content (AvgIpc) is 0.771. The van der Waals surface area contributed by atoms with Crippen LogP contribution in [0.15, 0.2) is 267 Å². The molecule has 1 unspecified atom stereocenters. The Labute approximate surface area is 569 Å². The number of carbonyl (C=O) groups excluding carboxylic acids is 1. The van der Waals surface area contributed by atoms with Gasteiger partial charge in [-0.25, -0.2) is 4.85 Å². The molecular formula is C85H67N6O6P. The molecule has 13 heteroatoms. The zero-order valence-electron chi connectivity index (χ0n) is 53.3. The minimum absolute atomic E-state index is 0. The number of fused-ring (bicyclic) bond motifs is 6. The number of nitrogens with zero attached hydrogens (tertiary/aromatic N) is 6. The van der Waals surface area contributed by atoms with E-state index in [4.69, 9.17) is 16.0 Å². The maximum atomic E-state index is 12.2. The number of carbonyl (C=O) groups is 1. The molecule has 478 valence electrons. The summed E-state index contributed by atoms with van der Waals surface area (Å²) in [4.78, 5) is 19.4. The van der Waals surface area contributed by atoms with Gasteiger partial charge in [0.25, 0.3) is 0 Å². The van der Waals surface area contributed by atoms with E-state index in [-0.39, 0.29) is 25.4 Å². The molecule has 0 aliphatic rings. The second-order valence-corrected chi connectivity index (χ2v) is 26.2. The van der Waals surface area contributed by atoms with Crippen LogP contribution < -0.4 is 19.3 Å². The highest BCUT2D eigenvalue weighted by Crippen LogP contribution is 2.46. The monoisotopic (exact) mass is 1300 g/mol. The molecule has 0 bridgehead atoms. The molecule has 0 radical (unpaired) electrons. The maximum Gasteiger partial charge on any atom is 0.202 e. The van der Waals surface area contributed by atoms with Gasteiger partial charge in [-0.1, -0.05) is 183 Å². The summed E-state index contributed by atoms with van der Waals surface area (Å²) in [6.07, 6.45) is 4.90. The SMILES string of the molecule is C.COc1ccc(N(c2ccc(C=O)cc2)c2cccc3ccccc23)cc1.CP(=O)(CO)Cc1ccc2c(C#N)c3ccccc3c(C#N)c2c1.O.[C-]#[N+]c1c2ccccc2c(C#N)c2ccc(C=Cc3ccc(N(c4ccc(OC)cc4)c4cccc5ccccc45)cc3)cc12. The fraction of sp³-hybridized carbons (Fsp3) is 0.0706. The van der Waals surface area contributed by atoms with Crippen molar-refractivity contribution in [1.82, 2.24) is 0 Å². The topological polar surface area (TPSA) is 187 Å². The van der Waals surface area contributed by atoms with Gasteiger partial charge in [-0.15, -0.1) is 0 Å².